The van der Waals surface area contributed by atoms with Gasteiger partial charge in [0.1, 0.15) is 12.4 Å². The van der Waals surface area contributed by atoms with Gasteiger partial charge in [0.2, 0.25) is 0 Å². The average molecular weight is 224 g/mol. The monoisotopic (exact) mass is 224 g/mol. The predicted molar refractivity (Wildman–Crippen MR) is 61.6 cm³/mol. The molecule has 3 N–H and O–H groups in total. The first-order valence-electron chi connectivity index (χ1n) is 5.13. The Labute approximate surface area is 94.5 Å². The molecular weight excluding hydrogens is 208 g/mol. The van der Waals surface area contributed by atoms with Crippen molar-refractivity contribution < 1.29 is 14.3 Å². The quantitative estimate of drug-likeness (QED) is 0.796. The SMILES string of the molecule is CCOC(=O)Nc1cccc(OCCN)c1. The van der Waals surface area contributed by atoms with E-state index >= 15 is 0 Å². The van der Waals surface area contributed by atoms with E-state index in [0.717, 1.165) is 0 Å². The molecule has 1 aromatic rings. The molecule has 0 aromatic heterocycles. The highest BCUT2D eigenvalue weighted by atomic mass is 16.5. The van der Waals surface area contributed by atoms with Crippen LogP contribution in [0.15, 0.2) is 24.3 Å². The van der Waals surface area contributed by atoms with Crippen molar-refractivity contribution in [1.29, 1.82) is 0 Å². The molecule has 0 saturated heterocycles. The van der Waals surface area contributed by atoms with E-state index in [-0.39, 0.29) is 0 Å². The highest BCUT2D eigenvalue weighted by molar-refractivity contribution is 5.84. The molecule has 1 rings (SSSR count). The maximum atomic E-state index is 11.1. The molecule has 0 aliphatic heterocycles. The normalized spacial score (nSPS) is 9.62. The Balaban J connectivity index is 2.56. The first-order valence-corrected chi connectivity index (χ1v) is 5.13. The van der Waals surface area contributed by atoms with Crippen LogP contribution in [0.2, 0.25) is 0 Å². The highest BCUT2D eigenvalue weighted by Gasteiger charge is 2.02. The third kappa shape index (κ3) is 4.18. The van der Waals surface area contributed by atoms with Crippen molar-refractivity contribution in [3.8, 4) is 5.75 Å². The molecule has 0 heterocycles. The maximum Gasteiger partial charge on any atom is 0.411 e. The van der Waals surface area contributed by atoms with Gasteiger partial charge in [0, 0.05) is 18.3 Å². The molecule has 0 atom stereocenters. The molecular formula is C11H16N2O3. The van der Waals surface area contributed by atoms with Crippen LogP contribution >= 0.6 is 0 Å². The first kappa shape index (κ1) is 12.3. The molecule has 88 valence electrons. The number of rotatable bonds is 5. The summed E-state index contributed by atoms with van der Waals surface area (Å²) in [6.45, 7) is 2.99. The standard InChI is InChI=1S/C11H16N2O3/c1-2-15-11(14)13-9-4-3-5-10(8-9)16-7-6-12/h3-5,8H,2,6-7,12H2,1H3,(H,13,14). The number of nitrogens with two attached hydrogens (primary N) is 1. The smallest absolute Gasteiger partial charge is 0.411 e. The van der Waals surface area contributed by atoms with Gasteiger partial charge >= 0.3 is 6.09 Å². The number of carbonyl (C=O) groups excluding carboxylic acids is 1. The van der Waals surface area contributed by atoms with Crippen LogP contribution in [0.25, 0.3) is 0 Å². The second-order valence-electron chi connectivity index (χ2n) is 3.01. The highest BCUT2D eigenvalue weighted by Crippen LogP contribution is 2.17. The molecule has 5 heteroatoms. The fraction of sp³-hybridized carbons (Fsp3) is 0.364. The lowest BCUT2D eigenvalue weighted by molar-refractivity contribution is 0.168. The summed E-state index contributed by atoms with van der Waals surface area (Å²) in [6.07, 6.45) is -0.474. The van der Waals surface area contributed by atoms with Gasteiger partial charge in [-0.1, -0.05) is 6.07 Å². The fourth-order valence-electron chi connectivity index (χ4n) is 1.13. The third-order valence-corrected chi connectivity index (χ3v) is 1.74. The van der Waals surface area contributed by atoms with Crippen LogP contribution in [-0.4, -0.2) is 25.9 Å². The van der Waals surface area contributed by atoms with Crippen molar-refractivity contribution in [1.82, 2.24) is 0 Å². The molecule has 0 spiro atoms. The van der Waals surface area contributed by atoms with Gasteiger partial charge in [-0.3, -0.25) is 5.32 Å². The van der Waals surface area contributed by atoms with Gasteiger partial charge in [-0.25, -0.2) is 4.79 Å². The molecule has 0 radical (unpaired) electrons. The van der Waals surface area contributed by atoms with Crippen molar-refractivity contribution >= 4 is 11.8 Å². The van der Waals surface area contributed by atoms with Crippen LogP contribution in [-0.2, 0) is 4.74 Å². The lowest BCUT2D eigenvalue weighted by Gasteiger charge is -2.08. The minimum absolute atomic E-state index is 0.342. The number of anilines is 1. The van der Waals surface area contributed by atoms with Gasteiger partial charge < -0.3 is 15.2 Å². The topological polar surface area (TPSA) is 73.6 Å². The lowest BCUT2D eigenvalue weighted by Crippen LogP contribution is -2.13. The van der Waals surface area contributed by atoms with Gasteiger partial charge in [-0.2, -0.15) is 0 Å². The fourth-order valence-corrected chi connectivity index (χ4v) is 1.13. The second-order valence-corrected chi connectivity index (χ2v) is 3.01. The Morgan fingerprint density at radius 2 is 2.31 bits per heavy atom. The van der Waals surface area contributed by atoms with E-state index < -0.39 is 6.09 Å². The van der Waals surface area contributed by atoms with Crippen LogP contribution in [0.1, 0.15) is 6.92 Å². The number of carbonyl (C=O) groups is 1. The Morgan fingerprint density at radius 3 is 3.00 bits per heavy atom. The Bertz CT molecular complexity index is 342. The first-order chi connectivity index (χ1) is 7.76. The van der Waals surface area contributed by atoms with E-state index in [2.05, 4.69) is 5.32 Å². The summed E-state index contributed by atoms with van der Waals surface area (Å²) in [4.78, 5) is 11.1. The minimum atomic E-state index is -0.474. The van der Waals surface area contributed by atoms with E-state index in [9.17, 15) is 4.79 Å². The van der Waals surface area contributed by atoms with Crippen molar-refractivity contribution in [2.24, 2.45) is 5.73 Å². The summed E-state index contributed by atoms with van der Waals surface area (Å²) in [6, 6.07) is 7.05. The third-order valence-electron chi connectivity index (χ3n) is 1.74. The van der Waals surface area contributed by atoms with Gasteiger partial charge in [0.25, 0.3) is 0 Å². The number of benzene rings is 1. The molecule has 1 aromatic carbocycles. The van der Waals surface area contributed by atoms with Crippen LogP contribution in [0.4, 0.5) is 10.5 Å². The molecule has 0 fully saturated rings. The van der Waals surface area contributed by atoms with E-state index in [4.69, 9.17) is 15.2 Å². The van der Waals surface area contributed by atoms with E-state index in [1.165, 1.54) is 0 Å². The number of hydrogen-bond acceptors (Lipinski definition) is 4. The lowest BCUT2D eigenvalue weighted by atomic mass is 10.3. The molecule has 0 aliphatic carbocycles. The Hall–Kier alpha value is -1.75. The molecule has 5 nitrogen and oxygen atoms in total. The number of nitrogens with one attached hydrogen (secondary N) is 1. The van der Waals surface area contributed by atoms with Crippen LogP contribution in [0, 0.1) is 0 Å². The summed E-state index contributed by atoms with van der Waals surface area (Å²) in [5.74, 6) is 0.666. The zero-order valence-electron chi connectivity index (χ0n) is 9.23. The van der Waals surface area contributed by atoms with E-state index in [1.54, 1.807) is 31.2 Å². The molecule has 0 aliphatic rings. The van der Waals surface area contributed by atoms with Crippen molar-refractivity contribution in [2.75, 3.05) is 25.1 Å². The summed E-state index contributed by atoms with van der Waals surface area (Å²) in [5.41, 5.74) is 5.95. The van der Waals surface area contributed by atoms with Crippen LogP contribution in [0.3, 0.4) is 0 Å². The van der Waals surface area contributed by atoms with Crippen molar-refractivity contribution in [2.45, 2.75) is 6.92 Å². The maximum absolute atomic E-state index is 11.1. The largest absolute Gasteiger partial charge is 0.492 e. The minimum Gasteiger partial charge on any atom is -0.492 e. The second kappa shape index (κ2) is 6.68. The van der Waals surface area contributed by atoms with Crippen LogP contribution in [0.5, 0.6) is 5.75 Å². The Kier molecular flexibility index (Phi) is 5.15. The van der Waals surface area contributed by atoms with E-state index in [1.807, 2.05) is 0 Å². The van der Waals surface area contributed by atoms with E-state index in [0.29, 0.717) is 31.2 Å². The summed E-state index contributed by atoms with van der Waals surface area (Å²) < 4.78 is 10.1. The summed E-state index contributed by atoms with van der Waals surface area (Å²) >= 11 is 0. The number of hydrogen-bond donors (Lipinski definition) is 2. The van der Waals surface area contributed by atoms with Gasteiger partial charge in [-0.15, -0.1) is 0 Å². The zero-order chi connectivity index (χ0) is 11.8. The summed E-state index contributed by atoms with van der Waals surface area (Å²) in [7, 11) is 0. The van der Waals surface area contributed by atoms with Crippen LogP contribution < -0.4 is 15.8 Å². The zero-order valence-corrected chi connectivity index (χ0v) is 9.23. The average Bonchev–Trinajstić information content (AvgIpc) is 2.27. The molecule has 0 bridgehead atoms. The number of ether oxygens (including phenoxy) is 2. The van der Waals surface area contributed by atoms with Gasteiger partial charge in [0.15, 0.2) is 0 Å². The molecule has 16 heavy (non-hydrogen) atoms. The van der Waals surface area contributed by atoms with Crippen molar-refractivity contribution in [3.63, 3.8) is 0 Å². The van der Waals surface area contributed by atoms with Gasteiger partial charge in [-0.05, 0) is 19.1 Å². The molecule has 0 unspecified atom stereocenters. The molecule has 1 amide bonds. The Morgan fingerprint density at radius 1 is 1.50 bits per heavy atom. The van der Waals surface area contributed by atoms with Crippen molar-refractivity contribution in [3.05, 3.63) is 24.3 Å². The number of amides is 1. The molecule has 0 saturated carbocycles. The van der Waals surface area contributed by atoms with Gasteiger partial charge in [0.05, 0.1) is 6.61 Å². The predicted octanol–water partition coefficient (Wildman–Crippen LogP) is 1.59. The summed E-state index contributed by atoms with van der Waals surface area (Å²) in [5, 5.41) is 2.59.